The van der Waals surface area contributed by atoms with Gasteiger partial charge in [-0.3, -0.25) is 9.48 Å². The topological polar surface area (TPSA) is 41.4 Å². The summed E-state index contributed by atoms with van der Waals surface area (Å²) in [5.41, 5.74) is -0.434. The zero-order valence-electron chi connectivity index (χ0n) is 13.4. The first-order valence-electron chi connectivity index (χ1n) is 8.14. The van der Waals surface area contributed by atoms with Gasteiger partial charge in [0.1, 0.15) is 6.54 Å². The van der Waals surface area contributed by atoms with Crippen LogP contribution in [0.15, 0.2) is 4.47 Å². The van der Waals surface area contributed by atoms with Crippen LogP contribution in [0.1, 0.15) is 37.1 Å². The van der Waals surface area contributed by atoms with E-state index in [4.69, 9.17) is 0 Å². The number of alkyl halides is 3. The van der Waals surface area contributed by atoms with Crippen molar-refractivity contribution < 1.29 is 18.0 Å². The molecular weight excluding hydrogens is 389 g/mol. The lowest BCUT2D eigenvalue weighted by Gasteiger charge is -2.34. The van der Waals surface area contributed by atoms with Crippen LogP contribution < -0.4 is 0 Å². The molecular formula is C15H20BrF3N4O. The number of hydrogen-bond donors (Lipinski definition) is 0. The smallest absolute Gasteiger partial charge is 0.339 e. The summed E-state index contributed by atoms with van der Waals surface area (Å²) in [6, 6.07) is 0. The number of halogens is 4. The second kappa shape index (κ2) is 6.67. The van der Waals surface area contributed by atoms with Gasteiger partial charge in [-0.05, 0) is 35.3 Å². The van der Waals surface area contributed by atoms with Gasteiger partial charge < -0.3 is 9.80 Å². The molecule has 1 aromatic heterocycles. The van der Waals surface area contributed by atoms with E-state index in [9.17, 15) is 18.0 Å². The summed E-state index contributed by atoms with van der Waals surface area (Å²) in [6.45, 7) is 5.70. The van der Waals surface area contributed by atoms with Crippen LogP contribution in [0, 0.1) is 0 Å². The quantitative estimate of drug-likeness (QED) is 0.768. The highest BCUT2D eigenvalue weighted by Crippen LogP contribution is 2.46. The molecule has 24 heavy (non-hydrogen) atoms. The molecule has 0 bridgehead atoms. The van der Waals surface area contributed by atoms with Crippen molar-refractivity contribution in [2.24, 2.45) is 0 Å². The second-order valence-electron chi connectivity index (χ2n) is 6.29. The molecule has 1 amide bonds. The zero-order chi connectivity index (χ0) is 17.5. The number of aromatic nitrogens is 2. The van der Waals surface area contributed by atoms with Crippen LogP contribution in [0.3, 0.4) is 0 Å². The van der Waals surface area contributed by atoms with E-state index in [-0.39, 0.29) is 22.8 Å². The Morgan fingerprint density at radius 1 is 1.25 bits per heavy atom. The van der Waals surface area contributed by atoms with Gasteiger partial charge in [-0.2, -0.15) is 18.3 Å². The van der Waals surface area contributed by atoms with Crippen LogP contribution in [0.4, 0.5) is 13.2 Å². The van der Waals surface area contributed by atoms with Gasteiger partial charge in [-0.15, -0.1) is 0 Å². The molecule has 1 saturated carbocycles. The van der Waals surface area contributed by atoms with Gasteiger partial charge in [0.15, 0.2) is 5.69 Å². The molecule has 0 aromatic carbocycles. The highest BCUT2D eigenvalue weighted by molar-refractivity contribution is 9.10. The lowest BCUT2D eigenvalue weighted by atomic mass is 10.2. The molecule has 2 aliphatic rings. The number of nitrogens with zero attached hydrogens (tertiary/aromatic N) is 4. The van der Waals surface area contributed by atoms with Gasteiger partial charge in [0.2, 0.25) is 5.91 Å². The molecule has 0 spiro atoms. The molecule has 9 heteroatoms. The van der Waals surface area contributed by atoms with Gasteiger partial charge >= 0.3 is 6.18 Å². The number of piperazine rings is 1. The number of likely N-dealkylation sites (N-methyl/N-ethyl adjacent to an activating group) is 1. The van der Waals surface area contributed by atoms with Crippen molar-refractivity contribution in [1.82, 2.24) is 19.6 Å². The number of carbonyl (C=O) groups is 1. The van der Waals surface area contributed by atoms with Crippen LogP contribution in [-0.2, 0) is 17.5 Å². The van der Waals surface area contributed by atoms with E-state index in [1.54, 1.807) is 4.90 Å². The van der Waals surface area contributed by atoms with Crippen LogP contribution in [0.5, 0.6) is 0 Å². The normalized spacial score (nSPS) is 19.8. The maximum atomic E-state index is 13.1. The lowest BCUT2D eigenvalue weighted by molar-refractivity contribution is -0.142. The maximum absolute atomic E-state index is 13.1. The van der Waals surface area contributed by atoms with E-state index >= 15 is 0 Å². The third-order valence-corrected chi connectivity index (χ3v) is 5.40. The number of carbonyl (C=O) groups excluding carboxylic acids is 1. The van der Waals surface area contributed by atoms with Gasteiger partial charge in [0.25, 0.3) is 0 Å². The number of hydrogen-bond acceptors (Lipinski definition) is 3. The molecule has 0 unspecified atom stereocenters. The highest BCUT2D eigenvalue weighted by Gasteiger charge is 2.42. The van der Waals surface area contributed by atoms with Crippen molar-refractivity contribution in [3.05, 3.63) is 15.9 Å². The predicted molar refractivity (Wildman–Crippen MR) is 85.6 cm³/mol. The van der Waals surface area contributed by atoms with E-state index in [0.29, 0.717) is 18.8 Å². The van der Waals surface area contributed by atoms with Gasteiger partial charge in [-0.25, -0.2) is 0 Å². The molecule has 2 fully saturated rings. The van der Waals surface area contributed by atoms with E-state index in [0.717, 1.165) is 32.5 Å². The standard InChI is InChI=1S/C15H20BrF3N4O/c1-2-21-5-7-22(8-6-21)11(24)9-23-13(10-3-4-10)12(16)14(20-23)15(17,18)19/h10H,2-9H2,1H3. The van der Waals surface area contributed by atoms with E-state index < -0.39 is 11.9 Å². The van der Waals surface area contributed by atoms with Crippen molar-refractivity contribution in [1.29, 1.82) is 0 Å². The fourth-order valence-corrected chi connectivity index (χ4v) is 3.88. The van der Waals surface area contributed by atoms with E-state index in [1.807, 2.05) is 0 Å². The fourth-order valence-electron chi connectivity index (χ4n) is 3.04. The maximum Gasteiger partial charge on any atom is 0.436 e. The first-order valence-corrected chi connectivity index (χ1v) is 8.94. The fraction of sp³-hybridized carbons (Fsp3) is 0.733. The molecule has 0 radical (unpaired) electrons. The third kappa shape index (κ3) is 3.61. The average Bonchev–Trinajstić information content (AvgIpc) is 3.31. The SMILES string of the molecule is CCN1CCN(C(=O)Cn2nc(C(F)(F)F)c(Br)c2C2CC2)CC1. The van der Waals surface area contributed by atoms with Crippen LogP contribution >= 0.6 is 15.9 Å². The minimum absolute atomic E-state index is 0.0129. The summed E-state index contributed by atoms with van der Waals surface area (Å²) in [5.74, 6) is -0.107. The van der Waals surface area contributed by atoms with E-state index in [1.165, 1.54) is 4.68 Å². The highest BCUT2D eigenvalue weighted by atomic mass is 79.9. The summed E-state index contributed by atoms with van der Waals surface area (Å²) in [7, 11) is 0. The van der Waals surface area contributed by atoms with Crippen molar-refractivity contribution in [2.75, 3.05) is 32.7 Å². The Morgan fingerprint density at radius 2 is 1.88 bits per heavy atom. The summed E-state index contributed by atoms with van der Waals surface area (Å²) in [4.78, 5) is 16.4. The zero-order valence-corrected chi connectivity index (χ0v) is 15.0. The Hall–Kier alpha value is -1.09. The Kier molecular flexibility index (Phi) is 4.92. The van der Waals surface area contributed by atoms with Gasteiger partial charge in [0, 0.05) is 32.1 Å². The first-order chi connectivity index (χ1) is 11.3. The number of rotatable bonds is 4. The monoisotopic (exact) mass is 408 g/mol. The molecule has 0 N–H and O–H groups in total. The molecule has 0 atom stereocenters. The van der Waals surface area contributed by atoms with E-state index in [2.05, 4.69) is 32.9 Å². The largest absolute Gasteiger partial charge is 0.436 e. The van der Waals surface area contributed by atoms with Crippen molar-refractivity contribution in [3.8, 4) is 0 Å². The summed E-state index contributed by atoms with van der Waals surface area (Å²) < 4.78 is 40.5. The number of amides is 1. The molecule has 134 valence electrons. The molecule has 1 saturated heterocycles. The third-order valence-electron chi connectivity index (χ3n) is 4.62. The summed E-state index contributed by atoms with van der Waals surface area (Å²) >= 11 is 3.05. The van der Waals surface area contributed by atoms with Gasteiger partial charge in [-0.1, -0.05) is 6.92 Å². The van der Waals surface area contributed by atoms with Crippen molar-refractivity contribution >= 4 is 21.8 Å². The Labute approximate surface area is 146 Å². The predicted octanol–water partition coefficient (Wildman–Crippen LogP) is 2.71. The van der Waals surface area contributed by atoms with Crippen molar-refractivity contribution in [3.63, 3.8) is 0 Å². The van der Waals surface area contributed by atoms with Gasteiger partial charge in [0.05, 0.1) is 10.2 Å². The molecule has 1 aromatic rings. The van der Waals surface area contributed by atoms with Crippen LogP contribution in [0.2, 0.25) is 0 Å². The van der Waals surface area contributed by atoms with Crippen molar-refractivity contribution in [2.45, 2.75) is 38.4 Å². The Bertz CT molecular complexity index is 619. The average molecular weight is 409 g/mol. The molecule has 2 heterocycles. The second-order valence-corrected chi connectivity index (χ2v) is 7.09. The minimum Gasteiger partial charge on any atom is -0.339 e. The van der Waals surface area contributed by atoms with Crippen LogP contribution in [-0.4, -0.2) is 58.2 Å². The lowest BCUT2D eigenvalue weighted by Crippen LogP contribution is -2.49. The molecule has 1 aliphatic carbocycles. The molecule has 3 rings (SSSR count). The van der Waals surface area contributed by atoms with Crippen LogP contribution in [0.25, 0.3) is 0 Å². The summed E-state index contributed by atoms with van der Waals surface area (Å²) in [5, 5.41) is 3.70. The Morgan fingerprint density at radius 3 is 2.38 bits per heavy atom. The summed E-state index contributed by atoms with van der Waals surface area (Å²) in [6.07, 6.45) is -2.85. The Balaban J connectivity index is 1.76. The minimum atomic E-state index is -4.52. The molecule has 1 aliphatic heterocycles. The first kappa shape index (κ1) is 17.7. The molecule has 5 nitrogen and oxygen atoms in total.